The van der Waals surface area contributed by atoms with Crippen molar-refractivity contribution in [2.45, 2.75) is 26.7 Å². The van der Waals surface area contributed by atoms with Gasteiger partial charge in [0.2, 0.25) is 0 Å². The van der Waals surface area contributed by atoms with Crippen LogP contribution < -0.4 is 14.9 Å². The Bertz CT molecular complexity index is 824. The molecule has 28 heavy (non-hydrogen) atoms. The van der Waals surface area contributed by atoms with Crippen molar-refractivity contribution in [1.82, 2.24) is 10.4 Å². The first-order valence-corrected chi connectivity index (χ1v) is 9.53. The maximum absolute atomic E-state index is 12.8. The van der Waals surface area contributed by atoms with Crippen molar-refractivity contribution in [3.05, 3.63) is 35.4 Å². The Hall–Kier alpha value is -2.83. The third-order valence-corrected chi connectivity index (χ3v) is 6.10. The van der Waals surface area contributed by atoms with Crippen LogP contribution in [0.1, 0.15) is 26.7 Å². The maximum Gasteiger partial charge on any atom is 0.276 e. The van der Waals surface area contributed by atoms with Gasteiger partial charge >= 0.3 is 0 Å². The summed E-state index contributed by atoms with van der Waals surface area (Å²) in [6.45, 7) is 3.81. The second-order valence-corrected chi connectivity index (χ2v) is 7.81. The molecule has 0 aromatic heterocycles. The van der Waals surface area contributed by atoms with E-state index in [4.69, 9.17) is 9.47 Å². The summed E-state index contributed by atoms with van der Waals surface area (Å²) in [4.78, 5) is 37.9. The number of amides is 3. The molecule has 1 heterocycles. The number of imide groups is 1. The van der Waals surface area contributed by atoms with Crippen LogP contribution >= 0.6 is 0 Å². The second-order valence-electron chi connectivity index (χ2n) is 7.81. The highest BCUT2D eigenvalue weighted by Gasteiger charge is 2.63. The van der Waals surface area contributed by atoms with Crippen molar-refractivity contribution in [3.8, 4) is 11.5 Å². The number of nitrogens with one attached hydrogen (secondary N) is 1. The molecule has 4 atom stereocenters. The Balaban J connectivity index is 1.39. The average Bonchev–Trinajstić information content (AvgIpc) is 3.33. The molecule has 1 aromatic rings. The van der Waals surface area contributed by atoms with Crippen LogP contribution in [0.3, 0.4) is 0 Å². The first kappa shape index (κ1) is 18.5. The van der Waals surface area contributed by atoms with Crippen molar-refractivity contribution < 1.29 is 23.9 Å². The van der Waals surface area contributed by atoms with E-state index in [9.17, 15) is 14.4 Å². The molecule has 0 spiro atoms. The van der Waals surface area contributed by atoms with Crippen LogP contribution in [0.5, 0.6) is 11.5 Å². The lowest BCUT2D eigenvalue weighted by Gasteiger charge is -2.19. The highest BCUT2D eigenvalue weighted by Crippen LogP contribution is 2.59. The maximum atomic E-state index is 12.8. The number of fused-ring (bicyclic) bond motifs is 5. The molecule has 1 aromatic carbocycles. The van der Waals surface area contributed by atoms with Crippen molar-refractivity contribution >= 4 is 17.7 Å². The van der Waals surface area contributed by atoms with E-state index in [0.29, 0.717) is 11.5 Å². The predicted molar refractivity (Wildman–Crippen MR) is 100 cm³/mol. The van der Waals surface area contributed by atoms with Gasteiger partial charge in [0, 0.05) is 0 Å². The molecule has 0 radical (unpaired) electrons. The molecule has 1 N–H and O–H groups in total. The van der Waals surface area contributed by atoms with Crippen LogP contribution in [0.15, 0.2) is 35.4 Å². The Labute approximate surface area is 163 Å². The fourth-order valence-corrected chi connectivity index (χ4v) is 5.08. The van der Waals surface area contributed by atoms with Gasteiger partial charge in [0.05, 0.1) is 18.9 Å². The van der Waals surface area contributed by atoms with Gasteiger partial charge in [-0.25, -0.2) is 0 Å². The lowest BCUT2D eigenvalue weighted by molar-refractivity contribution is -0.150. The molecule has 2 aliphatic carbocycles. The fourth-order valence-electron chi connectivity index (χ4n) is 5.08. The molecule has 3 fully saturated rings. The molecular weight excluding hydrogens is 360 g/mol. The summed E-state index contributed by atoms with van der Waals surface area (Å²) in [5.74, 6) is -0.342. The molecule has 0 unspecified atom stereocenters. The summed E-state index contributed by atoms with van der Waals surface area (Å²) in [6, 6.07) is 6.81. The number of hydrogen-bond acceptors (Lipinski definition) is 5. The molecule has 1 aliphatic heterocycles. The first-order chi connectivity index (χ1) is 13.4. The molecule has 2 bridgehead atoms. The Morgan fingerprint density at radius 3 is 2.07 bits per heavy atom. The van der Waals surface area contributed by atoms with Crippen LogP contribution in [0, 0.1) is 23.7 Å². The van der Waals surface area contributed by atoms with Gasteiger partial charge in [0.15, 0.2) is 6.61 Å². The standard InChI is InChI=1S/C21H24N2O5/c1-11(2)17-14-8-9-15(17)19-18(14)20(25)23(21(19)26)22-16(24)10-28-13-6-4-12(27-3)5-7-13/h4-7,14-15,18-19H,8-10H2,1-3H3,(H,22,24)/t14-,15-,18-,19-/m0/s1. The number of carbonyl (C=O) groups is 3. The van der Waals surface area contributed by atoms with Gasteiger partial charge in [-0.2, -0.15) is 5.01 Å². The van der Waals surface area contributed by atoms with Crippen LogP contribution in [0.25, 0.3) is 0 Å². The van der Waals surface area contributed by atoms with Crippen molar-refractivity contribution in [2.75, 3.05) is 13.7 Å². The summed E-state index contributed by atoms with van der Waals surface area (Å²) in [5, 5.41) is 0.919. The minimum Gasteiger partial charge on any atom is -0.497 e. The first-order valence-electron chi connectivity index (χ1n) is 9.53. The topological polar surface area (TPSA) is 84.9 Å². The molecule has 3 amide bonds. The predicted octanol–water partition coefficient (Wildman–Crippen LogP) is 2.08. The van der Waals surface area contributed by atoms with E-state index in [1.807, 2.05) is 13.8 Å². The smallest absolute Gasteiger partial charge is 0.276 e. The number of ether oxygens (including phenoxy) is 2. The van der Waals surface area contributed by atoms with E-state index in [1.54, 1.807) is 31.4 Å². The number of hydrogen-bond donors (Lipinski definition) is 1. The van der Waals surface area contributed by atoms with Gasteiger partial charge in [-0.1, -0.05) is 11.1 Å². The van der Waals surface area contributed by atoms with E-state index in [0.717, 1.165) is 17.9 Å². The number of hydrazine groups is 1. The third-order valence-electron chi connectivity index (χ3n) is 6.10. The summed E-state index contributed by atoms with van der Waals surface area (Å²) in [7, 11) is 1.56. The lowest BCUT2D eigenvalue weighted by atomic mass is 9.81. The molecule has 148 valence electrons. The van der Waals surface area contributed by atoms with Crippen LogP contribution in [-0.2, 0) is 14.4 Å². The minimum atomic E-state index is -0.535. The van der Waals surface area contributed by atoms with E-state index in [-0.39, 0.29) is 42.1 Å². The van der Waals surface area contributed by atoms with E-state index in [1.165, 1.54) is 11.1 Å². The summed E-state index contributed by atoms with van der Waals surface area (Å²) < 4.78 is 10.5. The van der Waals surface area contributed by atoms with Crippen molar-refractivity contribution in [3.63, 3.8) is 0 Å². The molecule has 7 nitrogen and oxygen atoms in total. The number of carbonyl (C=O) groups excluding carboxylic acids is 3. The van der Waals surface area contributed by atoms with Crippen molar-refractivity contribution in [2.24, 2.45) is 23.7 Å². The monoisotopic (exact) mass is 384 g/mol. The van der Waals surface area contributed by atoms with Gasteiger partial charge in [-0.15, -0.1) is 0 Å². The van der Waals surface area contributed by atoms with Gasteiger partial charge < -0.3 is 9.47 Å². The highest BCUT2D eigenvalue weighted by molar-refractivity contribution is 6.07. The Morgan fingerprint density at radius 2 is 1.57 bits per heavy atom. The minimum absolute atomic E-state index is 0.133. The molecule has 2 saturated carbocycles. The largest absolute Gasteiger partial charge is 0.497 e. The third kappa shape index (κ3) is 2.85. The number of benzene rings is 1. The lowest BCUT2D eigenvalue weighted by Crippen LogP contribution is -2.49. The summed E-state index contributed by atoms with van der Waals surface area (Å²) in [6.07, 6.45) is 1.88. The second kappa shape index (κ2) is 6.96. The van der Waals surface area contributed by atoms with E-state index in [2.05, 4.69) is 5.43 Å². The normalized spacial score (nSPS) is 27.8. The Morgan fingerprint density at radius 1 is 1.04 bits per heavy atom. The zero-order valence-electron chi connectivity index (χ0n) is 16.2. The quantitative estimate of drug-likeness (QED) is 0.621. The van der Waals surface area contributed by atoms with Gasteiger partial charge in [0.25, 0.3) is 17.7 Å². The van der Waals surface area contributed by atoms with Crippen LogP contribution in [0.4, 0.5) is 0 Å². The van der Waals surface area contributed by atoms with Crippen LogP contribution in [0.2, 0.25) is 0 Å². The molecule has 3 aliphatic rings. The summed E-state index contributed by atoms with van der Waals surface area (Å²) in [5.41, 5.74) is 4.94. The Kier molecular flexibility index (Phi) is 4.61. The zero-order chi connectivity index (χ0) is 20.0. The SMILES string of the molecule is COc1ccc(OCC(=O)NN2C(=O)[C@@H]3[C@@H](C2=O)[C@H]2CC[C@H]3C2=C(C)C)cc1. The molecular formula is C21H24N2O5. The number of rotatable bonds is 5. The van der Waals surface area contributed by atoms with Crippen molar-refractivity contribution in [1.29, 1.82) is 0 Å². The molecule has 4 rings (SSSR count). The number of allylic oxidation sites excluding steroid dienone is 2. The number of methoxy groups -OCH3 is 1. The van der Waals surface area contributed by atoms with Crippen LogP contribution in [-0.4, -0.2) is 36.4 Å². The molecule has 1 saturated heterocycles. The van der Waals surface area contributed by atoms with Gasteiger partial charge in [-0.05, 0) is 62.8 Å². The van der Waals surface area contributed by atoms with Gasteiger partial charge in [0.1, 0.15) is 11.5 Å². The average molecular weight is 384 g/mol. The molecule has 7 heteroatoms. The summed E-state index contributed by atoms with van der Waals surface area (Å²) >= 11 is 0. The number of nitrogens with zero attached hydrogens (tertiary/aromatic N) is 1. The zero-order valence-corrected chi connectivity index (χ0v) is 16.2. The van der Waals surface area contributed by atoms with Gasteiger partial charge in [-0.3, -0.25) is 19.8 Å². The highest BCUT2D eigenvalue weighted by atomic mass is 16.5. The fraction of sp³-hybridized carbons (Fsp3) is 0.476. The van der Waals surface area contributed by atoms with E-state index >= 15 is 0 Å². The van der Waals surface area contributed by atoms with E-state index < -0.39 is 5.91 Å².